The quantitative estimate of drug-likeness (QED) is 0.494. The zero-order chi connectivity index (χ0) is 16.1. The van der Waals surface area contributed by atoms with E-state index in [9.17, 15) is 15.3 Å². The Kier molecular flexibility index (Phi) is 3.57. The second-order valence-electron chi connectivity index (χ2n) is 5.29. The van der Waals surface area contributed by atoms with E-state index in [-0.39, 0.29) is 4.99 Å². The first kappa shape index (κ1) is 15.2. The Morgan fingerprint density at radius 2 is 2.23 bits per heavy atom. The lowest BCUT2D eigenvalue weighted by Gasteiger charge is -2.27. The van der Waals surface area contributed by atoms with E-state index in [1.54, 1.807) is 0 Å². The van der Waals surface area contributed by atoms with Crippen LogP contribution >= 0.6 is 12.2 Å². The van der Waals surface area contributed by atoms with Gasteiger partial charge < -0.3 is 25.8 Å². The molecule has 0 spiro atoms. The van der Waals surface area contributed by atoms with Crippen LogP contribution in [0.4, 0.5) is 0 Å². The molecule has 1 aliphatic heterocycles. The van der Waals surface area contributed by atoms with Crippen molar-refractivity contribution in [3.63, 3.8) is 0 Å². The molecule has 1 fully saturated rings. The zero-order valence-corrected chi connectivity index (χ0v) is 12.4. The second-order valence-corrected chi connectivity index (χ2v) is 5.73. The number of aromatic nitrogens is 4. The third-order valence-electron chi connectivity index (χ3n) is 3.78. The topological polar surface area (TPSA) is 140 Å². The molecule has 10 heteroatoms. The number of hydrogen-bond donors (Lipinski definition) is 4. The van der Waals surface area contributed by atoms with E-state index in [0.29, 0.717) is 16.9 Å². The molecule has 5 N–H and O–H groups in total. The number of rotatable bonds is 3. The summed E-state index contributed by atoms with van der Waals surface area (Å²) in [6.45, 7) is 0.993. The van der Waals surface area contributed by atoms with Gasteiger partial charge in [-0.3, -0.25) is 4.57 Å². The summed E-state index contributed by atoms with van der Waals surface area (Å²) in [5.74, 6) is 0. The van der Waals surface area contributed by atoms with Gasteiger partial charge in [0.1, 0.15) is 40.3 Å². The van der Waals surface area contributed by atoms with Gasteiger partial charge >= 0.3 is 0 Å². The van der Waals surface area contributed by atoms with Gasteiger partial charge in [0.25, 0.3) is 0 Å². The van der Waals surface area contributed by atoms with Crippen molar-refractivity contribution in [2.75, 3.05) is 6.61 Å². The molecule has 0 saturated carbocycles. The van der Waals surface area contributed by atoms with Gasteiger partial charge in [-0.25, -0.2) is 15.0 Å². The van der Waals surface area contributed by atoms with Crippen LogP contribution in [0.5, 0.6) is 0 Å². The molecule has 0 bridgehead atoms. The van der Waals surface area contributed by atoms with Crippen molar-refractivity contribution in [1.82, 2.24) is 19.5 Å². The molecule has 2 aromatic heterocycles. The van der Waals surface area contributed by atoms with E-state index >= 15 is 0 Å². The lowest BCUT2D eigenvalue weighted by Crippen LogP contribution is -2.44. The highest BCUT2D eigenvalue weighted by Crippen LogP contribution is 2.39. The summed E-state index contributed by atoms with van der Waals surface area (Å²) >= 11 is 4.92. The van der Waals surface area contributed by atoms with Crippen molar-refractivity contribution in [1.29, 1.82) is 0 Å². The molecule has 118 valence electrons. The Hall–Kier alpha value is -1.72. The molecular weight excluding hydrogens is 310 g/mol. The molecule has 0 radical (unpaired) electrons. The van der Waals surface area contributed by atoms with Gasteiger partial charge in [0.05, 0.1) is 12.9 Å². The average Bonchev–Trinajstić information content (AvgIpc) is 2.99. The van der Waals surface area contributed by atoms with Gasteiger partial charge in [-0.1, -0.05) is 12.2 Å². The fraction of sp³-hybridized carbons (Fsp3) is 0.500. The Morgan fingerprint density at radius 1 is 1.50 bits per heavy atom. The normalized spacial score (nSPS) is 31.7. The smallest absolute Gasteiger partial charge is 0.168 e. The highest BCUT2D eigenvalue weighted by atomic mass is 32.1. The molecule has 4 atom stereocenters. The molecule has 3 heterocycles. The number of ether oxygens (including phenoxy) is 1. The summed E-state index contributed by atoms with van der Waals surface area (Å²) in [5, 5.41) is 29.8. The summed E-state index contributed by atoms with van der Waals surface area (Å²) in [4.78, 5) is 12.3. The van der Waals surface area contributed by atoms with Crippen LogP contribution in [0.1, 0.15) is 18.8 Å². The molecule has 0 aliphatic carbocycles. The van der Waals surface area contributed by atoms with Gasteiger partial charge in [0.2, 0.25) is 0 Å². The summed E-state index contributed by atoms with van der Waals surface area (Å²) in [5.41, 5.74) is 5.01. The van der Waals surface area contributed by atoms with Crippen molar-refractivity contribution in [2.45, 2.75) is 31.0 Å². The Labute approximate surface area is 130 Å². The number of aliphatic hydroxyl groups excluding tert-OH is 2. The first-order valence-electron chi connectivity index (χ1n) is 6.52. The van der Waals surface area contributed by atoms with Crippen LogP contribution < -0.4 is 5.73 Å². The Balaban J connectivity index is 2.12. The van der Waals surface area contributed by atoms with Gasteiger partial charge in [0.15, 0.2) is 11.9 Å². The van der Waals surface area contributed by atoms with E-state index in [4.69, 9.17) is 22.7 Å². The van der Waals surface area contributed by atoms with E-state index in [0.717, 1.165) is 0 Å². The summed E-state index contributed by atoms with van der Waals surface area (Å²) in [6.07, 6.45) is -0.462. The SMILES string of the molecule is C[C@]1(O)C(n2cnc3c(C(N)=S)ncnc32)O[C@H](CO)[C@H]1O. The van der Waals surface area contributed by atoms with E-state index in [2.05, 4.69) is 15.0 Å². The minimum Gasteiger partial charge on any atom is -0.394 e. The van der Waals surface area contributed by atoms with Crippen LogP contribution in [0.2, 0.25) is 0 Å². The number of hydrogen-bond acceptors (Lipinski definition) is 8. The maximum atomic E-state index is 10.5. The third kappa shape index (κ3) is 2.08. The van der Waals surface area contributed by atoms with E-state index in [1.807, 2.05) is 0 Å². The lowest BCUT2D eigenvalue weighted by atomic mass is 9.96. The summed E-state index contributed by atoms with van der Waals surface area (Å²) in [6, 6.07) is 0. The van der Waals surface area contributed by atoms with E-state index in [1.165, 1.54) is 24.1 Å². The van der Waals surface area contributed by atoms with Crippen molar-refractivity contribution < 1.29 is 20.1 Å². The largest absolute Gasteiger partial charge is 0.394 e. The number of fused-ring (bicyclic) bond motifs is 1. The van der Waals surface area contributed by atoms with Crippen LogP contribution in [0, 0.1) is 0 Å². The lowest BCUT2D eigenvalue weighted by molar-refractivity contribution is -0.0950. The number of nitrogens with zero attached hydrogens (tertiary/aromatic N) is 4. The summed E-state index contributed by atoms with van der Waals surface area (Å²) in [7, 11) is 0. The van der Waals surface area contributed by atoms with Crippen molar-refractivity contribution in [2.24, 2.45) is 5.73 Å². The zero-order valence-electron chi connectivity index (χ0n) is 11.6. The number of nitrogens with two attached hydrogens (primary N) is 1. The molecule has 2 aromatic rings. The predicted molar refractivity (Wildman–Crippen MR) is 78.8 cm³/mol. The molecule has 3 rings (SSSR count). The molecule has 9 nitrogen and oxygen atoms in total. The first-order valence-corrected chi connectivity index (χ1v) is 6.92. The van der Waals surface area contributed by atoms with Crippen molar-refractivity contribution in [3.8, 4) is 0 Å². The first-order chi connectivity index (χ1) is 10.4. The van der Waals surface area contributed by atoms with E-state index < -0.39 is 30.6 Å². The fourth-order valence-corrected chi connectivity index (χ4v) is 2.74. The molecule has 0 amide bonds. The second kappa shape index (κ2) is 5.18. The monoisotopic (exact) mass is 325 g/mol. The molecule has 0 aromatic carbocycles. The van der Waals surface area contributed by atoms with Crippen LogP contribution in [0.3, 0.4) is 0 Å². The molecule has 1 saturated heterocycles. The minimum absolute atomic E-state index is 0.0741. The standard InChI is InChI=1S/C12H15N5O4S/c1-12(20)8(19)5(2-18)21-11(12)17-4-16-7-6(9(13)22)14-3-15-10(7)17/h3-5,8,11,18-20H,2H2,1H3,(H2,13,22)/t5-,8-,11?,12-/m1/s1. The minimum atomic E-state index is -1.63. The highest BCUT2D eigenvalue weighted by Gasteiger charge is 2.53. The highest BCUT2D eigenvalue weighted by molar-refractivity contribution is 7.80. The van der Waals surface area contributed by atoms with Gasteiger partial charge in [0, 0.05) is 0 Å². The molecule has 1 aliphatic rings. The number of imidazole rings is 1. The van der Waals surface area contributed by atoms with Gasteiger partial charge in [-0.2, -0.15) is 0 Å². The molecular formula is C12H15N5O4S. The van der Waals surface area contributed by atoms with Crippen molar-refractivity contribution >= 4 is 28.4 Å². The van der Waals surface area contributed by atoms with Crippen LogP contribution in [0.25, 0.3) is 11.2 Å². The van der Waals surface area contributed by atoms with Crippen molar-refractivity contribution in [3.05, 3.63) is 18.3 Å². The Morgan fingerprint density at radius 3 is 2.82 bits per heavy atom. The number of aliphatic hydroxyl groups is 3. The average molecular weight is 325 g/mol. The third-order valence-corrected chi connectivity index (χ3v) is 3.97. The predicted octanol–water partition coefficient (Wildman–Crippen LogP) is -1.54. The maximum Gasteiger partial charge on any atom is 0.168 e. The van der Waals surface area contributed by atoms with Crippen LogP contribution in [0.15, 0.2) is 12.7 Å². The number of thiocarbonyl (C=S) groups is 1. The fourth-order valence-electron chi connectivity index (χ4n) is 2.59. The van der Waals surface area contributed by atoms with Crippen LogP contribution in [-0.4, -0.2) is 64.2 Å². The van der Waals surface area contributed by atoms with Gasteiger partial charge in [-0.05, 0) is 6.92 Å². The molecule has 1 unspecified atom stereocenters. The maximum absolute atomic E-state index is 10.5. The molecule has 22 heavy (non-hydrogen) atoms. The summed E-state index contributed by atoms with van der Waals surface area (Å²) < 4.78 is 7.00. The van der Waals surface area contributed by atoms with Crippen LogP contribution in [-0.2, 0) is 4.74 Å². The Bertz CT molecular complexity index is 733. The van der Waals surface area contributed by atoms with Gasteiger partial charge in [-0.15, -0.1) is 0 Å².